The molecule has 0 bridgehead atoms. The molecule has 0 radical (unpaired) electrons. The van der Waals surface area contributed by atoms with E-state index in [4.69, 9.17) is 10.5 Å². The number of primary amides is 1. The third-order valence-electron chi connectivity index (χ3n) is 3.75. The molecule has 0 atom stereocenters. The van der Waals surface area contributed by atoms with Gasteiger partial charge in [0.1, 0.15) is 5.75 Å². The maximum Gasteiger partial charge on any atom is 0.318 e. The second kappa shape index (κ2) is 8.57. The fourth-order valence-corrected chi connectivity index (χ4v) is 3.45. The number of nitrogens with two attached hydrogens (primary N) is 1. The maximum atomic E-state index is 13.2. The highest BCUT2D eigenvalue weighted by Gasteiger charge is 2.17. The van der Waals surface area contributed by atoms with Crippen molar-refractivity contribution in [3.05, 3.63) is 58.9 Å². The average molecular weight is 398 g/mol. The molecule has 3 rings (SSSR count). The Morgan fingerprint density at radius 2 is 1.89 bits per heavy atom. The van der Waals surface area contributed by atoms with Crippen LogP contribution in [0.25, 0.3) is 16.6 Å². The van der Waals surface area contributed by atoms with Crippen LogP contribution in [0.2, 0.25) is 0 Å². The van der Waals surface area contributed by atoms with Crippen LogP contribution in [0.5, 0.6) is 5.75 Å². The SMILES string of the molecule is CCOc1ccccc1-n1c(SCC(=O)NC(N)=O)nc2ccccc2c1=O. The standard InChI is InChI=1S/C19H18N4O4S/c1-2-27-15-10-6-5-9-14(15)23-17(25)12-7-3-4-8-13(12)21-19(23)28-11-16(24)22-18(20)26/h3-10H,2,11H2,1H3,(H3,20,22,24,26). The number of para-hydroxylation sites is 3. The van der Waals surface area contributed by atoms with Crippen molar-refractivity contribution in [2.24, 2.45) is 5.73 Å². The lowest BCUT2D eigenvalue weighted by molar-refractivity contribution is -0.117. The van der Waals surface area contributed by atoms with E-state index in [0.717, 1.165) is 11.8 Å². The number of carbonyl (C=O) groups is 2. The molecule has 1 heterocycles. The number of thioether (sulfide) groups is 1. The number of urea groups is 1. The molecular weight excluding hydrogens is 380 g/mol. The first-order chi connectivity index (χ1) is 13.5. The highest BCUT2D eigenvalue weighted by molar-refractivity contribution is 7.99. The minimum Gasteiger partial charge on any atom is -0.492 e. The van der Waals surface area contributed by atoms with Gasteiger partial charge in [-0.05, 0) is 31.2 Å². The summed E-state index contributed by atoms with van der Waals surface area (Å²) < 4.78 is 7.07. The van der Waals surface area contributed by atoms with Gasteiger partial charge in [-0.1, -0.05) is 36.0 Å². The Morgan fingerprint density at radius 1 is 1.18 bits per heavy atom. The van der Waals surface area contributed by atoms with Crippen molar-refractivity contribution in [3.8, 4) is 11.4 Å². The molecule has 3 N–H and O–H groups in total. The third-order valence-corrected chi connectivity index (χ3v) is 4.68. The van der Waals surface area contributed by atoms with Crippen molar-refractivity contribution in [1.82, 2.24) is 14.9 Å². The Hall–Kier alpha value is -3.33. The molecule has 0 aliphatic rings. The molecule has 0 aliphatic carbocycles. The van der Waals surface area contributed by atoms with E-state index < -0.39 is 11.9 Å². The lowest BCUT2D eigenvalue weighted by Gasteiger charge is -2.16. The summed E-state index contributed by atoms with van der Waals surface area (Å²) in [4.78, 5) is 40.4. The van der Waals surface area contributed by atoms with E-state index in [0.29, 0.717) is 34.1 Å². The summed E-state index contributed by atoms with van der Waals surface area (Å²) in [7, 11) is 0. The summed E-state index contributed by atoms with van der Waals surface area (Å²) in [6.07, 6.45) is 0. The first-order valence-corrected chi connectivity index (χ1v) is 9.46. The maximum absolute atomic E-state index is 13.2. The van der Waals surface area contributed by atoms with Gasteiger partial charge in [-0.3, -0.25) is 19.5 Å². The Labute approximate surface area is 164 Å². The zero-order chi connectivity index (χ0) is 20.1. The number of hydrogen-bond acceptors (Lipinski definition) is 6. The highest BCUT2D eigenvalue weighted by atomic mass is 32.2. The highest BCUT2D eigenvalue weighted by Crippen LogP contribution is 2.27. The number of benzene rings is 2. The van der Waals surface area contributed by atoms with Crippen LogP contribution >= 0.6 is 11.8 Å². The van der Waals surface area contributed by atoms with Crippen LogP contribution in [0.3, 0.4) is 0 Å². The monoisotopic (exact) mass is 398 g/mol. The van der Waals surface area contributed by atoms with Crippen LogP contribution in [0.15, 0.2) is 58.5 Å². The van der Waals surface area contributed by atoms with Gasteiger partial charge in [0, 0.05) is 0 Å². The van der Waals surface area contributed by atoms with Crippen molar-refractivity contribution in [1.29, 1.82) is 0 Å². The Bertz CT molecular complexity index is 1100. The van der Waals surface area contributed by atoms with Gasteiger partial charge in [0.15, 0.2) is 5.16 Å². The van der Waals surface area contributed by atoms with Gasteiger partial charge in [0.25, 0.3) is 5.56 Å². The van der Waals surface area contributed by atoms with Crippen molar-refractivity contribution < 1.29 is 14.3 Å². The quantitative estimate of drug-likeness (QED) is 0.485. The minimum absolute atomic E-state index is 0.134. The number of imide groups is 1. The van der Waals surface area contributed by atoms with Crippen LogP contribution in [-0.2, 0) is 4.79 Å². The molecule has 9 heteroatoms. The van der Waals surface area contributed by atoms with Crippen LogP contribution in [0.4, 0.5) is 4.79 Å². The van der Waals surface area contributed by atoms with Crippen LogP contribution in [0.1, 0.15) is 6.92 Å². The number of ether oxygens (including phenoxy) is 1. The molecule has 0 fully saturated rings. The summed E-state index contributed by atoms with van der Waals surface area (Å²) in [6.45, 7) is 2.28. The first kappa shape index (κ1) is 19.4. The van der Waals surface area contributed by atoms with Gasteiger partial charge in [0.2, 0.25) is 5.91 Å². The topological polar surface area (TPSA) is 116 Å². The van der Waals surface area contributed by atoms with Crippen molar-refractivity contribution >= 4 is 34.6 Å². The van der Waals surface area contributed by atoms with E-state index in [-0.39, 0.29) is 11.3 Å². The fourth-order valence-electron chi connectivity index (χ4n) is 2.64. The lowest BCUT2D eigenvalue weighted by atomic mass is 10.2. The predicted octanol–water partition coefficient (Wildman–Crippen LogP) is 2.07. The van der Waals surface area contributed by atoms with E-state index in [1.165, 1.54) is 4.57 Å². The summed E-state index contributed by atoms with van der Waals surface area (Å²) in [5.74, 6) is -0.193. The number of amides is 3. The van der Waals surface area contributed by atoms with Gasteiger partial charge in [0.05, 0.1) is 29.0 Å². The molecule has 0 aliphatic heterocycles. The molecule has 3 amide bonds. The second-order valence-electron chi connectivity index (χ2n) is 5.65. The van der Waals surface area contributed by atoms with E-state index in [1.807, 2.05) is 12.2 Å². The van der Waals surface area contributed by atoms with E-state index in [9.17, 15) is 14.4 Å². The third kappa shape index (κ3) is 4.15. The minimum atomic E-state index is -0.934. The zero-order valence-electron chi connectivity index (χ0n) is 15.0. The van der Waals surface area contributed by atoms with E-state index in [2.05, 4.69) is 4.98 Å². The van der Waals surface area contributed by atoms with Gasteiger partial charge in [-0.15, -0.1) is 0 Å². The summed E-state index contributed by atoms with van der Waals surface area (Å²) >= 11 is 1.02. The summed E-state index contributed by atoms with van der Waals surface area (Å²) in [5.41, 5.74) is 5.71. The van der Waals surface area contributed by atoms with Gasteiger partial charge >= 0.3 is 6.03 Å². The van der Waals surface area contributed by atoms with Gasteiger partial charge < -0.3 is 10.5 Å². The Morgan fingerprint density at radius 3 is 2.64 bits per heavy atom. The molecule has 1 aromatic heterocycles. The number of rotatable bonds is 6. The second-order valence-corrected chi connectivity index (χ2v) is 6.60. The molecule has 0 saturated heterocycles. The van der Waals surface area contributed by atoms with Crippen molar-refractivity contribution in [3.63, 3.8) is 0 Å². The Kier molecular flexibility index (Phi) is 5.95. The molecule has 2 aromatic carbocycles. The van der Waals surface area contributed by atoms with Crippen LogP contribution in [-0.4, -0.2) is 33.8 Å². The van der Waals surface area contributed by atoms with Gasteiger partial charge in [-0.2, -0.15) is 0 Å². The number of hydrogen-bond donors (Lipinski definition) is 2. The number of nitrogens with zero attached hydrogens (tertiary/aromatic N) is 2. The van der Waals surface area contributed by atoms with Crippen LogP contribution < -0.4 is 21.3 Å². The predicted molar refractivity (Wildman–Crippen MR) is 107 cm³/mol. The largest absolute Gasteiger partial charge is 0.492 e. The number of fused-ring (bicyclic) bond motifs is 1. The average Bonchev–Trinajstić information content (AvgIpc) is 2.67. The zero-order valence-corrected chi connectivity index (χ0v) is 15.9. The molecule has 0 spiro atoms. The fraction of sp³-hybridized carbons (Fsp3) is 0.158. The van der Waals surface area contributed by atoms with Gasteiger partial charge in [-0.25, -0.2) is 9.78 Å². The normalized spacial score (nSPS) is 10.6. The van der Waals surface area contributed by atoms with E-state index >= 15 is 0 Å². The molecule has 0 unspecified atom stereocenters. The number of carbonyl (C=O) groups excluding carboxylic acids is 2. The Balaban J connectivity index is 2.14. The molecule has 28 heavy (non-hydrogen) atoms. The molecule has 0 saturated carbocycles. The molecule has 144 valence electrons. The number of nitrogens with one attached hydrogen (secondary N) is 1. The molecule has 8 nitrogen and oxygen atoms in total. The van der Waals surface area contributed by atoms with E-state index in [1.54, 1.807) is 48.5 Å². The summed E-state index contributed by atoms with van der Waals surface area (Å²) in [6, 6.07) is 13.1. The first-order valence-electron chi connectivity index (χ1n) is 8.47. The summed E-state index contributed by atoms with van der Waals surface area (Å²) in [5, 5.41) is 2.74. The number of aromatic nitrogens is 2. The van der Waals surface area contributed by atoms with Crippen LogP contribution in [0, 0.1) is 0 Å². The van der Waals surface area contributed by atoms with Crippen molar-refractivity contribution in [2.45, 2.75) is 12.1 Å². The lowest BCUT2D eigenvalue weighted by Crippen LogP contribution is -2.36. The molecular formula is C19H18N4O4S. The molecule has 3 aromatic rings. The van der Waals surface area contributed by atoms with Crippen molar-refractivity contribution in [2.75, 3.05) is 12.4 Å². The smallest absolute Gasteiger partial charge is 0.318 e.